The van der Waals surface area contributed by atoms with E-state index in [2.05, 4.69) is 5.32 Å². The van der Waals surface area contributed by atoms with Crippen molar-refractivity contribution in [2.45, 2.75) is 19.0 Å². The lowest BCUT2D eigenvalue weighted by atomic mass is 10.1. The number of rotatable bonds is 6. The molecule has 0 radical (unpaired) electrons. The van der Waals surface area contributed by atoms with Gasteiger partial charge in [-0.2, -0.15) is 0 Å². The SMILES string of the molecule is COc1ccc(CNC2CCOC2)c(OC)c1OC. The van der Waals surface area contributed by atoms with Gasteiger partial charge in [-0.05, 0) is 12.5 Å². The standard InChI is InChI=1S/C14H21NO4/c1-16-12-5-4-10(13(17-2)14(12)18-3)8-15-11-6-7-19-9-11/h4-5,11,15H,6-9H2,1-3H3. The van der Waals surface area contributed by atoms with Crippen molar-refractivity contribution in [1.29, 1.82) is 0 Å². The van der Waals surface area contributed by atoms with Crippen LogP contribution in [-0.2, 0) is 11.3 Å². The Morgan fingerprint density at radius 1 is 1.16 bits per heavy atom. The van der Waals surface area contributed by atoms with Crippen LogP contribution < -0.4 is 19.5 Å². The summed E-state index contributed by atoms with van der Waals surface area (Å²) in [6.07, 6.45) is 1.05. The highest BCUT2D eigenvalue weighted by atomic mass is 16.5. The van der Waals surface area contributed by atoms with E-state index in [0.717, 1.165) is 31.7 Å². The van der Waals surface area contributed by atoms with Gasteiger partial charge in [0.15, 0.2) is 11.5 Å². The highest BCUT2D eigenvalue weighted by Crippen LogP contribution is 2.39. The maximum Gasteiger partial charge on any atom is 0.203 e. The zero-order chi connectivity index (χ0) is 13.7. The van der Waals surface area contributed by atoms with Crippen molar-refractivity contribution >= 4 is 0 Å². The van der Waals surface area contributed by atoms with E-state index in [4.69, 9.17) is 18.9 Å². The number of hydrogen-bond donors (Lipinski definition) is 1. The lowest BCUT2D eigenvalue weighted by Gasteiger charge is -2.17. The minimum absolute atomic E-state index is 0.415. The second-order valence-electron chi connectivity index (χ2n) is 4.43. The quantitative estimate of drug-likeness (QED) is 0.848. The van der Waals surface area contributed by atoms with Crippen LogP contribution in [0.3, 0.4) is 0 Å². The first-order valence-electron chi connectivity index (χ1n) is 6.39. The third kappa shape index (κ3) is 3.11. The third-order valence-corrected chi connectivity index (χ3v) is 3.30. The molecule has 0 saturated carbocycles. The summed E-state index contributed by atoms with van der Waals surface area (Å²) in [7, 11) is 4.87. The van der Waals surface area contributed by atoms with Gasteiger partial charge in [0.25, 0.3) is 0 Å². The monoisotopic (exact) mass is 267 g/mol. The molecule has 5 nitrogen and oxygen atoms in total. The third-order valence-electron chi connectivity index (χ3n) is 3.30. The maximum absolute atomic E-state index is 5.45. The average Bonchev–Trinajstić information content (AvgIpc) is 2.96. The Morgan fingerprint density at radius 3 is 2.53 bits per heavy atom. The number of benzene rings is 1. The largest absolute Gasteiger partial charge is 0.493 e. The molecule has 19 heavy (non-hydrogen) atoms. The molecule has 1 N–H and O–H groups in total. The number of methoxy groups -OCH3 is 3. The van der Waals surface area contributed by atoms with Gasteiger partial charge in [0.1, 0.15) is 0 Å². The van der Waals surface area contributed by atoms with Gasteiger partial charge in [-0.3, -0.25) is 0 Å². The van der Waals surface area contributed by atoms with Crippen molar-refractivity contribution in [2.24, 2.45) is 0 Å². The van der Waals surface area contributed by atoms with E-state index in [1.807, 2.05) is 12.1 Å². The van der Waals surface area contributed by atoms with Crippen molar-refractivity contribution in [2.75, 3.05) is 34.5 Å². The first-order chi connectivity index (χ1) is 9.30. The molecular formula is C14H21NO4. The van der Waals surface area contributed by atoms with E-state index in [0.29, 0.717) is 23.3 Å². The smallest absolute Gasteiger partial charge is 0.203 e. The molecule has 1 aromatic rings. The molecule has 0 aliphatic carbocycles. The summed E-state index contributed by atoms with van der Waals surface area (Å²) < 4.78 is 21.4. The van der Waals surface area contributed by atoms with Crippen LogP contribution in [-0.4, -0.2) is 40.6 Å². The van der Waals surface area contributed by atoms with Gasteiger partial charge < -0.3 is 24.3 Å². The summed E-state index contributed by atoms with van der Waals surface area (Å²) >= 11 is 0. The van der Waals surface area contributed by atoms with Gasteiger partial charge >= 0.3 is 0 Å². The van der Waals surface area contributed by atoms with Crippen LogP contribution >= 0.6 is 0 Å². The first kappa shape index (κ1) is 14.0. The Balaban J connectivity index is 2.14. The minimum Gasteiger partial charge on any atom is -0.493 e. The normalized spacial score (nSPS) is 18.4. The van der Waals surface area contributed by atoms with E-state index in [1.54, 1.807) is 21.3 Å². The molecule has 1 aromatic carbocycles. The molecule has 2 rings (SSSR count). The molecule has 5 heteroatoms. The zero-order valence-electron chi connectivity index (χ0n) is 11.7. The Labute approximate surface area is 113 Å². The summed E-state index contributed by atoms with van der Waals surface area (Å²) in [5.41, 5.74) is 1.05. The first-order valence-corrected chi connectivity index (χ1v) is 6.39. The number of nitrogens with one attached hydrogen (secondary N) is 1. The molecule has 1 fully saturated rings. The Hall–Kier alpha value is -1.46. The van der Waals surface area contributed by atoms with Gasteiger partial charge in [0, 0.05) is 24.8 Å². The summed E-state index contributed by atoms with van der Waals surface area (Å²) in [6.45, 7) is 2.33. The van der Waals surface area contributed by atoms with Crippen LogP contribution in [0.25, 0.3) is 0 Å². The molecule has 1 aliphatic rings. The van der Waals surface area contributed by atoms with E-state index in [9.17, 15) is 0 Å². The fourth-order valence-electron chi connectivity index (χ4n) is 2.25. The Bertz CT molecular complexity index is 416. The van der Waals surface area contributed by atoms with Crippen molar-refractivity contribution in [3.63, 3.8) is 0 Å². The number of ether oxygens (including phenoxy) is 4. The van der Waals surface area contributed by atoms with Crippen molar-refractivity contribution in [1.82, 2.24) is 5.32 Å². The van der Waals surface area contributed by atoms with E-state index >= 15 is 0 Å². The predicted octanol–water partition coefficient (Wildman–Crippen LogP) is 1.59. The van der Waals surface area contributed by atoms with E-state index in [1.165, 1.54) is 0 Å². The van der Waals surface area contributed by atoms with Gasteiger partial charge in [0.2, 0.25) is 5.75 Å². The fraction of sp³-hybridized carbons (Fsp3) is 0.571. The van der Waals surface area contributed by atoms with Crippen LogP contribution in [0.15, 0.2) is 12.1 Å². The highest BCUT2D eigenvalue weighted by molar-refractivity contribution is 5.55. The summed E-state index contributed by atoms with van der Waals surface area (Å²) in [6, 6.07) is 4.30. The molecule has 1 atom stereocenters. The van der Waals surface area contributed by atoms with Gasteiger partial charge in [0.05, 0.1) is 27.9 Å². The van der Waals surface area contributed by atoms with Gasteiger partial charge in [-0.25, -0.2) is 0 Å². The van der Waals surface area contributed by atoms with Crippen LogP contribution in [0, 0.1) is 0 Å². The second kappa shape index (κ2) is 6.63. The van der Waals surface area contributed by atoms with Gasteiger partial charge in [-0.15, -0.1) is 0 Å². The average molecular weight is 267 g/mol. The molecule has 0 spiro atoms. The van der Waals surface area contributed by atoms with Crippen molar-refractivity contribution in [3.8, 4) is 17.2 Å². The van der Waals surface area contributed by atoms with E-state index in [-0.39, 0.29) is 0 Å². The van der Waals surface area contributed by atoms with Crippen LogP contribution in [0.1, 0.15) is 12.0 Å². The van der Waals surface area contributed by atoms with Crippen molar-refractivity contribution < 1.29 is 18.9 Å². The molecule has 1 aliphatic heterocycles. The molecule has 0 amide bonds. The second-order valence-corrected chi connectivity index (χ2v) is 4.43. The number of hydrogen-bond acceptors (Lipinski definition) is 5. The Kier molecular flexibility index (Phi) is 4.87. The zero-order valence-corrected chi connectivity index (χ0v) is 11.7. The van der Waals surface area contributed by atoms with Crippen LogP contribution in [0.2, 0.25) is 0 Å². The molecule has 0 aromatic heterocycles. The summed E-state index contributed by atoms with van der Waals surface area (Å²) in [5.74, 6) is 2.02. The topological polar surface area (TPSA) is 49.0 Å². The van der Waals surface area contributed by atoms with Gasteiger partial charge in [-0.1, -0.05) is 6.07 Å². The maximum atomic E-state index is 5.45. The molecule has 106 valence electrons. The predicted molar refractivity (Wildman–Crippen MR) is 72.2 cm³/mol. The minimum atomic E-state index is 0.415. The molecule has 1 heterocycles. The fourth-order valence-corrected chi connectivity index (χ4v) is 2.25. The van der Waals surface area contributed by atoms with Crippen LogP contribution in [0.5, 0.6) is 17.2 Å². The molecule has 1 unspecified atom stereocenters. The van der Waals surface area contributed by atoms with Crippen LogP contribution in [0.4, 0.5) is 0 Å². The lowest BCUT2D eigenvalue weighted by molar-refractivity contribution is 0.189. The molecule has 1 saturated heterocycles. The van der Waals surface area contributed by atoms with E-state index < -0.39 is 0 Å². The summed E-state index contributed by atoms with van der Waals surface area (Å²) in [4.78, 5) is 0. The van der Waals surface area contributed by atoms with Crippen molar-refractivity contribution in [3.05, 3.63) is 17.7 Å². The Morgan fingerprint density at radius 2 is 1.95 bits per heavy atom. The summed E-state index contributed by atoms with van der Waals surface area (Å²) in [5, 5.41) is 3.46. The molecular weight excluding hydrogens is 246 g/mol. The highest BCUT2D eigenvalue weighted by Gasteiger charge is 2.18. The molecule has 0 bridgehead atoms. The lowest BCUT2D eigenvalue weighted by Crippen LogP contribution is -2.28.